The van der Waals surface area contributed by atoms with Crippen molar-refractivity contribution >= 4 is 17.5 Å². The van der Waals surface area contributed by atoms with Crippen LogP contribution in [0.15, 0.2) is 49.6 Å². The van der Waals surface area contributed by atoms with Crippen LogP contribution in [0.3, 0.4) is 0 Å². The van der Waals surface area contributed by atoms with Gasteiger partial charge in [-0.15, -0.1) is 0 Å². The summed E-state index contributed by atoms with van der Waals surface area (Å²) in [5.41, 5.74) is 1.79. The van der Waals surface area contributed by atoms with Gasteiger partial charge in [0.15, 0.2) is 0 Å². The lowest BCUT2D eigenvalue weighted by Crippen LogP contribution is -2.20. The molecule has 0 radical (unpaired) electrons. The minimum atomic E-state index is 0.350. The van der Waals surface area contributed by atoms with E-state index in [1.54, 1.807) is 37.2 Å². The molecule has 1 saturated heterocycles. The molecule has 8 nitrogen and oxygen atoms in total. The number of aromatic nitrogens is 6. The number of nitrogens with one attached hydrogen (secondary N) is 1. The fourth-order valence-corrected chi connectivity index (χ4v) is 2.82. The molecule has 1 aliphatic rings. The van der Waals surface area contributed by atoms with E-state index in [-0.39, 0.29) is 0 Å². The Morgan fingerprint density at radius 1 is 1.00 bits per heavy atom. The van der Waals surface area contributed by atoms with Gasteiger partial charge in [-0.1, -0.05) is 0 Å². The van der Waals surface area contributed by atoms with Crippen LogP contribution in [-0.2, 0) is 0 Å². The number of hydrogen-bond acceptors (Lipinski definition) is 8. The fraction of sp³-hybridized carbons (Fsp3) is 0.250. The zero-order valence-electron chi connectivity index (χ0n) is 12.9. The Morgan fingerprint density at radius 2 is 1.92 bits per heavy atom. The number of anilines is 3. The summed E-state index contributed by atoms with van der Waals surface area (Å²) in [5.74, 6) is 1.82. The van der Waals surface area contributed by atoms with Gasteiger partial charge in [0.05, 0.1) is 30.0 Å². The molecule has 8 heteroatoms. The van der Waals surface area contributed by atoms with Crippen molar-refractivity contribution in [3.63, 3.8) is 0 Å². The van der Waals surface area contributed by atoms with Crippen LogP contribution >= 0.6 is 0 Å². The highest BCUT2D eigenvalue weighted by Gasteiger charge is 2.26. The third-order valence-electron chi connectivity index (χ3n) is 3.97. The van der Waals surface area contributed by atoms with E-state index in [1.165, 1.54) is 6.33 Å². The summed E-state index contributed by atoms with van der Waals surface area (Å²) < 4.78 is 0. The molecule has 3 aromatic rings. The quantitative estimate of drug-likeness (QED) is 0.778. The van der Waals surface area contributed by atoms with Crippen LogP contribution in [0.4, 0.5) is 17.5 Å². The summed E-state index contributed by atoms with van der Waals surface area (Å²) >= 11 is 0. The smallest absolute Gasteiger partial charge is 0.227 e. The van der Waals surface area contributed by atoms with E-state index in [9.17, 15) is 0 Å². The van der Waals surface area contributed by atoms with E-state index in [1.807, 2.05) is 6.07 Å². The van der Waals surface area contributed by atoms with Crippen molar-refractivity contribution in [1.29, 1.82) is 0 Å². The predicted molar refractivity (Wildman–Crippen MR) is 88.9 cm³/mol. The molecule has 1 aliphatic heterocycles. The highest BCUT2D eigenvalue weighted by Crippen LogP contribution is 2.28. The molecule has 0 aromatic carbocycles. The Bertz CT molecular complexity index is 795. The molecule has 120 valence electrons. The van der Waals surface area contributed by atoms with Gasteiger partial charge in [-0.3, -0.25) is 4.98 Å². The molecule has 0 bridgehead atoms. The Morgan fingerprint density at radius 3 is 2.75 bits per heavy atom. The van der Waals surface area contributed by atoms with E-state index < -0.39 is 0 Å². The van der Waals surface area contributed by atoms with Crippen molar-refractivity contribution in [3.05, 3.63) is 55.3 Å². The maximum Gasteiger partial charge on any atom is 0.227 e. The van der Waals surface area contributed by atoms with Crippen LogP contribution in [-0.4, -0.2) is 43.0 Å². The molecule has 24 heavy (non-hydrogen) atoms. The number of rotatable bonds is 4. The molecule has 3 aromatic heterocycles. The van der Waals surface area contributed by atoms with Crippen LogP contribution in [0, 0.1) is 0 Å². The van der Waals surface area contributed by atoms with Gasteiger partial charge in [-0.25, -0.2) is 24.9 Å². The first-order valence-corrected chi connectivity index (χ1v) is 7.74. The van der Waals surface area contributed by atoms with Crippen LogP contribution in [0.1, 0.15) is 18.0 Å². The predicted octanol–water partition coefficient (Wildman–Crippen LogP) is 1.79. The minimum absolute atomic E-state index is 0.350. The highest BCUT2D eigenvalue weighted by atomic mass is 15.2. The Kier molecular flexibility index (Phi) is 3.93. The lowest BCUT2D eigenvalue weighted by Gasteiger charge is -2.16. The number of nitrogens with zero attached hydrogens (tertiary/aromatic N) is 7. The third-order valence-corrected chi connectivity index (χ3v) is 3.97. The molecule has 0 amide bonds. The zero-order valence-corrected chi connectivity index (χ0v) is 12.9. The summed E-state index contributed by atoms with van der Waals surface area (Å²) in [4.78, 5) is 27.6. The molecule has 0 aliphatic carbocycles. The van der Waals surface area contributed by atoms with Crippen molar-refractivity contribution in [1.82, 2.24) is 29.9 Å². The van der Waals surface area contributed by atoms with Crippen LogP contribution in [0.5, 0.6) is 0 Å². The lowest BCUT2D eigenvalue weighted by atomic mass is 10.1. The van der Waals surface area contributed by atoms with Gasteiger partial charge in [0.2, 0.25) is 5.95 Å². The molecule has 1 N–H and O–H groups in total. The zero-order chi connectivity index (χ0) is 16.2. The van der Waals surface area contributed by atoms with Gasteiger partial charge >= 0.3 is 0 Å². The summed E-state index contributed by atoms with van der Waals surface area (Å²) in [5, 5.41) is 3.13. The second-order valence-corrected chi connectivity index (χ2v) is 5.55. The van der Waals surface area contributed by atoms with Gasteiger partial charge in [0.1, 0.15) is 12.1 Å². The standard InChI is InChI=1S/C16H16N8/c1-3-21-16(22-13-7-18-11-19-8-13)23-14(1)12-2-6-24(10-12)15-9-17-4-5-20-15/h1,3-5,7-9,11-12H,2,6,10H2,(H,21,22,23)/t12-/m0/s1. The van der Waals surface area contributed by atoms with E-state index in [2.05, 4.69) is 40.1 Å². The summed E-state index contributed by atoms with van der Waals surface area (Å²) in [7, 11) is 0. The van der Waals surface area contributed by atoms with Gasteiger partial charge in [0.25, 0.3) is 0 Å². The largest absolute Gasteiger partial charge is 0.355 e. The molecule has 0 spiro atoms. The van der Waals surface area contributed by atoms with Gasteiger partial charge < -0.3 is 10.2 Å². The van der Waals surface area contributed by atoms with E-state index >= 15 is 0 Å². The SMILES string of the molecule is c1cnc(N2CC[C@H](c3ccnc(Nc4cncnc4)n3)C2)cn1. The topological polar surface area (TPSA) is 92.6 Å². The second kappa shape index (κ2) is 6.53. The number of hydrogen-bond donors (Lipinski definition) is 1. The van der Waals surface area contributed by atoms with Gasteiger partial charge in [0, 0.05) is 37.6 Å². The monoisotopic (exact) mass is 320 g/mol. The summed E-state index contributed by atoms with van der Waals surface area (Å²) in [6.45, 7) is 1.83. The van der Waals surface area contributed by atoms with Crippen LogP contribution in [0.2, 0.25) is 0 Å². The molecule has 1 fully saturated rings. The average Bonchev–Trinajstić information content (AvgIpc) is 3.14. The second-order valence-electron chi connectivity index (χ2n) is 5.55. The maximum absolute atomic E-state index is 4.64. The van der Waals surface area contributed by atoms with E-state index in [0.29, 0.717) is 11.9 Å². The Balaban J connectivity index is 1.48. The molecule has 0 unspecified atom stereocenters. The Hall–Kier alpha value is -3.16. The van der Waals surface area contributed by atoms with E-state index in [4.69, 9.17) is 0 Å². The van der Waals surface area contributed by atoms with Crippen molar-refractivity contribution < 1.29 is 0 Å². The lowest BCUT2D eigenvalue weighted by molar-refractivity contribution is 0.740. The fourth-order valence-electron chi connectivity index (χ4n) is 2.82. The van der Waals surface area contributed by atoms with Crippen LogP contribution in [0.25, 0.3) is 0 Å². The minimum Gasteiger partial charge on any atom is -0.355 e. The average molecular weight is 320 g/mol. The first kappa shape index (κ1) is 14.4. The third kappa shape index (κ3) is 3.12. The molecule has 4 rings (SSSR count). The summed E-state index contributed by atoms with van der Waals surface area (Å²) in [6, 6.07) is 1.97. The molecule has 4 heterocycles. The van der Waals surface area contributed by atoms with Crippen molar-refractivity contribution in [2.45, 2.75) is 12.3 Å². The maximum atomic E-state index is 4.64. The molecule has 1 atom stereocenters. The highest BCUT2D eigenvalue weighted by molar-refractivity contribution is 5.50. The molecular formula is C16H16N8. The van der Waals surface area contributed by atoms with Crippen molar-refractivity contribution in [2.24, 2.45) is 0 Å². The van der Waals surface area contributed by atoms with Crippen molar-refractivity contribution in [2.75, 3.05) is 23.3 Å². The normalized spacial score (nSPS) is 17.0. The van der Waals surface area contributed by atoms with Crippen molar-refractivity contribution in [3.8, 4) is 0 Å². The Labute approximate surface area is 139 Å². The van der Waals surface area contributed by atoms with Gasteiger partial charge in [-0.05, 0) is 12.5 Å². The molecular weight excluding hydrogens is 304 g/mol. The van der Waals surface area contributed by atoms with Crippen LogP contribution < -0.4 is 10.2 Å². The van der Waals surface area contributed by atoms with Gasteiger partial charge in [-0.2, -0.15) is 0 Å². The first-order valence-electron chi connectivity index (χ1n) is 7.74. The summed E-state index contributed by atoms with van der Waals surface area (Å²) in [6.07, 6.45) is 12.9. The van der Waals surface area contributed by atoms with E-state index in [0.717, 1.165) is 36.7 Å². The first-order chi connectivity index (χ1) is 11.9. The molecule has 0 saturated carbocycles.